The number of nitrogens with zero attached hydrogens (tertiary/aromatic N) is 2. The largest absolute Gasteiger partial charge is 0.487 e. The lowest BCUT2D eigenvalue weighted by Crippen LogP contribution is -2.15. The summed E-state index contributed by atoms with van der Waals surface area (Å²) < 4.78 is 56.2. The maximum absolute atomic E-state index is 12.8. The smallest absolute Gasteiger partial charge is 0.440 e. The third-order valence-corrected chi connectivity index (χ3v) is 5.97. The third kappa shape index (κ3) is 5.93. The third-order valence-electron chi connectivity index (χ3n) is 4.90. The molecule has 2 aromatic heterocycles. The summed E-state index contributed by atoms with van der Waals surface area (Å²) in [5.74, 6) is 0.420. The number of hydrogen-bond acceptors (Lipinski definition) is 6. The van der Waals surface area contributed by atoms with Crippen molar-refractivity contribution in [3.63, 3.8) is 0 Å². The minimum absolute atomic E-state index is 0.0752. The van der Waals surface area contributed by atoms with Crippen LogP contribution in [0, 0.1) is 6.92 Å². The van der Waals surface area contributed by atoms with Gasteiger partial charge >= 0.3 is 17.6 Å². The van der Waals surface area contributed by atoms with Crippen LogP contribution in [0.15, 0.2) is 73.1 Å². The highest BCUT2D eigenvalue weighted by Gasteiger charge is 2.30. The summed E-state index contributed by atoms with van der Waals surface area (Å²) >= 11 is 2.09. The second-order valence-electron chi connectivity index (χ2n) is 7.34. The first kappa shape index (κ1) is 24.6. The standard InChI is InChI=1S/C23H17F3IN3O5/c1-13-19(28-20(34-13)14-5-7-16(8-6-14)23(24,25)26)12-33-17-4-2-3-15(11-17)18(27)9-10-30-21(31)29-22(32)35-30/h2-9,11H,10,12H2,1H3,(H,29,31,32)/b18-9-. The lowest BCUT2D eigenvalue weighted by Gasteiger charge is -2.07. The monoisotopic (exact) mass is 599 g/mol. The molecule has 0 saturated heterocycles. The molecular formula is C23H17F3IN3O5. The fraction of sp³-hybridized carbons (Fsp3) is 0.174. The van der Waals surface area contributed by atoms with Crippen LogP contribution >= 0.6 is 22.6 Å². The van der Waals surface area contributed by atoms with Crippen molar-refractivity contribution < 1.29 is 26.8 Å². The van der Waals surface area contributed by atoms with Crippen molar-refractivity contribution >= 4 is 26.2 Å². The van der Waals surface area contributed by atoms with Crippen LogP contribution in [-0.2, 0) is 19.3 Å². The number of ether oxygens (including phenoxy) is 1. The minimum atomic E-state index is -4.42. The number of aryl methyl sites for hydroxylation is 1. The van der Waals surface area contributed by atoms with Crippen molar-refractivity contribution in [1.29, 1.82) is 0 Å². The van der Waals surface area contributed by atoms with Crippen molar-refractivity contribution in [2.45, 2.75) is 26.3 Å². The van der Waals surface area contributed by atoms with Crippen LogP contribution < -0.4 is 16.2 Å². The Morgan fingerprint density at radius 1 is 1.20 bits per heavy atom. The van der Waals surface area contributed by atoms with Gasteiger partial charge in [0.2, 0.25) is 5.89 Å². The molecule has 0 radical (unpaired) electrons. The first-order valence-electron chi connectivity index (χ1n) is 10.1. The molecule has 1 N–H and O–H groups in total. The Morgan fingerprint density at radius 2 is 1.94 bits per heavy atom. The summed E-state index contributed by atoms with van der Waals surface area (Å²) in [4.78, 5) is 29.0. The van der Waals surface area contributed by atoms with Crippen LogP contribution in [0.2, 0.25) is 0 Å². The second kappa shape index (κ2) is 9.98. The molecule has 8 nitrogen and oxygen atoms in total. The van der Waals surface area contributed by atoms with Gasteiger partial charge in [0, 0.05) is 9.14 Å². The number of benzene rings is 2. The Morgan fingerprint density at radius 3 is 2.60 bits per heavy atom. The number of allylic oxidation sites excluding steroid dienone is 1. The number of alkyl halides is 3. The van der Waals surface area contributed by atoms with E-state index in [0.717, 1.165) is 26.0 Å². The number of oxazole rings is 1. The summed E-state index contributed by atoms with van der Waals surface area (Å²) in [6.45, 7) is 1.86. The lowest BCUT2D eigenvalue weighted by molar-refractivity contribution is -0.137. The van der Waals surface area contributed by atoms with E-state index < -0.39 is 23.2 Å². The van der Waals surface area contributed by atoms with Gasteiger partial charge in [0.25, 0.3) is 0 Å². The average molecular weight is 599 g/mol. The zero-order valence-corrected chi connectivity index (χ0v) is 20.2. The quantitative estimate of drug-likeness (QED) is 0.295. The van der Waals surface area contributed by atoms with E-state index in [1.54, 1.807) is 31.2 Å². The molecule has 2 aromatic carbocycles. The zero-order valence-electron chi connectivity index (χ0n) is 18.1. The number of H-pyrrole nitrogens is 1. The van der Waals surface area contributed by atoms with Gasteiger partial charge in [-0.3, -0.25) is 0 Å². The Bertz CT molecular complexity index is 1480. The van der Waals surface area contributed by atoms with Crippen molar-refractivity contribution in [2.24, 2.45) is 0 Å². The summed E-state index contributed by atoms with van der Waals surface area (Å²) in [6.07, 6.45) is -2.70. The normalized spacial score (nSPS) is 12.2. The summed E-state index contributed by atoms with van der Waals surface area (Å²) in [5, 5.41) is 0. The van der Waals surface area contributed by atoms with E-state index in [2.05, 4.69) is 27.6 Å². The molecule has 12 heteroatoms. The SMILES string of the molecule is Cc1oc(-c2ccc(C(F)(F)F)cc2)nc1COc1cccc(/C(I)=C/Cn2oc(=O)[nH]c2=O)c1. The molecule has 0 aliphatic heterocycles. The maximum Gasteiger partial charge on any atom is 0.440 e. The number of hydrogen-bond donors (Lipinski definition) is 1. The number of aromatic amines is 1. The van der Waals surface area contributed by atoms with E-state index in [0.29, 0.717) is 22.8 Å². The highest BCUT2D eigenvalue weighted by atomic mass is 127. The number of aromatic nitrogens is 3. The molecule has 0 bridgehead atoms. The maximum atomic E-state index is 12.8. The van der Waals surface area contributed by atoms with Gasteiger partial charge < -0.3 is 13.7 Å². The number of halogens is 4. The van der Waals surface area contributed by atoms with Gasteiger partial charge in [-0.15, -0.1) is 4.74 Å². The van der Waals surface area contributed by atoms with E-state index in [9.17, 15) is 22.8 Å². The molecule has 0 atom stereocenters. The molecule has 0 fully saturated rings. The van der Waals surface area contributed by atoms with E-state index in [-0.39, 0.29) is 19.0 Å². The van der Waals surface area contributed by atoms with Crippen LogP contribution in [0.5, 0.6) is 5.75 Å². The predicted octanol–water partition coefficient (Wildman–Crippen LogP) is 5.17. The van der Waals surface area contributed by atoms with Gasteiger partial charge in [-0.25, -0.2) is 19.6 Å². The Balaban J connectivity index is 1.44. The van der Waals surface area contributed by atoms with Gasteiger partial charge in [0.1, 0.15) is 23.8 Å². The molecule has 0 amide bonds. The molecule has 0 aliphatic rings. The van der Waals surface area contributed by atoms with E-state index in [1.165, 1.54) is 12.1 Å². The van der Waals surface area contributed by atoms with E-state index in [4.69, 9.17) is 13.7 Å². The molecule has 182 valence electrons. The number of nitrogens with one attached hydrogen (secondary N) is 1. The first-order valence-corrected chi connectivity index (χ1v) is 11.2. The lowest BCUT2D eigenvalue weighted by atomic mass is 10.1. The molecule has 2 heterocycles. The molecule has 4 rings (SSSR count). The fourth-order valence-corrected chi connectivity index (χ4v) is 3.62. The van der Waals surface area contributed by atoms with Gasteiger partial charge in [0.15, 0.2) is 0 Å². The second-order valence-corrected chi connectivity index (χ2v) is 8.50. The molecule has 0 aliphatic carbocycles. The predicted molar refractivity (Wildman–Crippen MR) is 128 cm³/mol. The minimum Gasteiger partial charge on any atom is -0.487 e. The van der Waals surface area contributed by atoms with Crippen molar-refractivity contribution in [3.05, 3.63) is 98.2 Å². The highest BCUT2D eigenvalue weighted by Crippen LogP contribution is 2.31. The molecule has 0 saturated carbocycles. The summed E-state index contributed by atoms with van der Waals surface area (Å²) in [5.41, 5.74) is 0.368. The fourth-order valence-electron chi connectivity index (χ4n) is 3.09. The molecule has 4 aromatic rings. The van der Waals surface area contributed by atoms with Gasteiger partial charge in [-0.2, -0.15) is 13.2 Å². The molecule has 0 unspecified atom stereocenters. The van der Waals surface area contributed by atoms with Crippen LogP contribution in [0.25, 0.3) is 15.0 Å². The van der Waals surface area contributed by atoms with Crippen LogP contribution in [-0.4, -0.2) is 14.7 Å². The van der Waals surface area contributed by atoms with Crippen LogP contribution in [0.4, 0.5) is 13.2 Å². The highest BCUT2D eigenvalue weighted by molar-refractivity contribution is 14.1. The molecule has 0 spiro atoms. The van der Waals surface area contributed by atoms with Crippen LogP contribution in [0.1, 0.15) is 22.6 Å². The Kier molecular flexibility index (Phi) is 7.00. The topological polar surface area (TPSA) is 103 Å². The zero-order chi connectivity index (χ0) is 25.2. The number of rotatable bonds is 7. The first-order chi connectivity index (χ1) is 16.6. The van der Waals surface area contributed by atoms with Gasteiger partial charge in [-0.05, 0) is 77.6 Å². The van der Waals surface area contributed by atoms with Crippen LogP contribution in [0.3, 0.4) is 0 Å². The van der Waals surface area contributed by atoms with Crippen molar-refractivity contribution in [3.8, 4) is 17.2 Å². The summed E-state index contributed by atoms with van der Waals surface area (Å²) in [7, 11) is 0. The van der Waals surface area contributed by atoms with Gasteiger partial charge in [0.05, 0.1) is 12.1 Å². The van der Waals surface area contributed by atoms with Gasteiger partial charge in [-0.1, -0.05) is 12.1 Å². The molecule has 35 heavy (non-hydrogen) atoms. The Labute approximate surface area is 209 Å². The summed E-state index contributed by atoms with van der Waals surface area (Å²) in [6, 6.07) is 11.8. The van der Waals surface area contributed by atoms with E-state index in [1.807, 2.05) is 11.1 Å². The average Bonchev–Trinajstić information content (AvgIpc) is 3.36. The van der Waals surface area contributed by atoms with E-state index >= 15 is 0 Å². The van der Waals surface area contributed by atoms with Crippen molar-refractivity contribution in [2.75, 3.05) is 0 Å². The van der Waals surface area contributed by atoms with Crippen molar-refractivity contribution in [1.82, 2.24) is 14.7 Å². The molecular weight excluding hydrogens is 582 g/mol. The Hall–Kier alpha value is -3.55.